The van der Waals surface area contributed by atoms with Crippen LogP contribution in [-0.2, 0) is 38.1 Å². The Labute approximate surface area is 345 Å². The van der Waals surface area contributed by atoms with Crippen molar-refractivity contribution in [1.29, 1.82) is 0 Å². The monoisotopic (exact) mass is 816 g/mol. The number of benzene rings is 4. The number of carbonyl (C=O) groups excluding carboxylic acids is 6. The summed E-state index contributed by atoms with van der Waals surface area (Å²) in [5.41, 5.74) is 4.25. The van der Waals surface area contributed by atoms with Crippen molar-refractivity contribution in [1.82, 2.24) is 0 Å². The van der Waals surface area contributed by atoms with Crippen molar-refractivity contribution in [2.45, 2.75) is 25.0 Å². The van der Waals surface area contributed by atoms with Crippen LogP contribution >= 0.6 is 0 Å². The standard InChI is InChI=1S/C46H40O14/c1-6-41(47)55-26-35(57-43(49)8-3)24-53-31-14-10-29(11-15-31)45(51)59-33-18-20-37-38-21-19-34(23-40(38)28(5)39(37)22-33)60-46(52)30-12-16-32(17-13-30)54-25-36(58-44(50)9-4)27-56-42(48)7-2/h6-23,28,35-36H,1-4,24-27H2,5H3/t28?,35-,36?/m0/s1. The first-order valence-electron chi connectivity index (χ1n) is 18.3. The van der Waals surface area contributed by atoms with E-state index in [1.807, 2.05) is 19.1 Å². The van der Waals surface area contributed by atoms with Crippen LogP contribution in [0.2, 0.25) is 0 Å². The van der Waals surface area contributed by atoms with Gasteiger partial charge in [-0.15, -0.1) is 0 Å². The van der Waals surface area contributed by atoms with Crippen molar-refractivity contribution in [3.63, 3.8) is 0 Å². The van der Waals surface area contributed by atoms with Gasteiger partial charge in [-0.05, 0) is 95.1 Å². The van der Waals surface area contributed by atoms with E-state index < -0.39 is 48.0 Å². The van der Waals surface area contributed by atoms with Crippen LogP contribution in [0.5, 0.6) is 23.0 Å². The maximum Gasteiger partial charge on any atom is 0.343 e. The molecule has 0 radical (unpaired) electrons. The number of hydrogen-bond donors (Lipinski definition) is 0. The molecule has 1 aliphatic rings. The first-order valence-corrected chi connectivity index (χ1v) is 18.3. The zero-order valence-corrected chi connectivity index (χ0v) is 32.5. The van der Waals surface area contributed by atoms with Crippen molar-refractivity contribution in [3.8, 4) is 34.1 Å². The van der Waals surface area contributed by atoms with Crippen molar-refractivity contribution >= 4 is 35.8 Å². The summed E-state index contributed by atoms with van der Waals surface area (Å²) in [6.07, 6.45) is 2.09. The number of hydrogen-bond acceptors (Lipinski definition) is 14. The fourth-order valence-corrected chi connectivity index (χ4v) is 5.79. The minimum atomic E-state index is -0.916. The lowest BCUT2D eigenvalue weighted by Crippen LogP contribution is -2.30. The predicted molar refractivity (Wildman–Crippen MR) is 216 cm³/mol. The van der Waals surface area contributed by atoms with Gasteiger partial charge in [0, 0.05) is 30.2 Å². The summed E-state index contributed by atoms with van der Waals surface area (Å²) >= 11 is 0. The average molecular weight is 817 g/mol. The maximum absolute atomic E-state index is 13.1. The molecule has 0 saturated carbocycles. The second kappa shape index (κ2) is 20.6. The summed E-state index contributed by atoms with van der Waals surface area (Å²) in [5, 5.41) is 0. The van der Waals surface area contributed by atoms with Gasteiger partial charge in [-0.1, -0.05) is 45.4 Å². The molecule has 0 bridgehead atoms. The van der Waals surface area contributed by atoms with Gasteiger partial charge in [0.2, 0.25) is 0 Å². The number of fused-ring (bicyclic) bond motifs is 3. The highest BCUT2D eigenvalue weighted by Crippen LogP contribution is 2.47. The SMILES string of the molecule is C=CC(=O)OCC(COc1ccc(C(=O)Oc2ccc3c(c2)C(C)c2cc(OC(=O)c4ccc(OC[C@@H](COC(=O)C=C)OC(=O)C=C)cc4)ccc2-3)cc1)OC(=O)C=C. The van der Waals surface area contributed by atoms with E-state index in [2.05, 4.69) is 26.3 Å². The Morgan fingerprint density at radius 2 is 0.850 bits per heavy atom. The maximum atomic E-state index is 13.1. The summed E-state index contributed by atoms with van der Waals surface area (Å²) in [6, 6.07) is 23.0. The highest BCUT2D eigenvalue weighted by molar-refractivity contribution is 5.92. The molecule has 5 rings (SSSR count). The minimum Gasteiger partial charge on any atom is -0.490 e. The van der Waals surface area contributed by atoms with Crippen molar-refractivity contribution < 1.29 is 66.7 Å². The zero-order valence-electron chi connectivity index (χ0n) is 32.5. The topological polar surface area (TPSA) is 176 Å². The first kappa shape index (κ1) is 43.4. The summed E-state index contributed by atoms with van der Waals surface area (Å²) in [6.45, 7) is 14.6. The third kappa shape index (κ3) is 11.7. The summed E-state index contributed by atoms with van der Waals surface area (Å²) in [7, 11) is 0. The molecule has 0 N–H and O–H groups in total. The van der Waals surface area contributed by atoms with E-state index in [0.29, 0.717) is 23.0 Å². The third-order valence-electron chi connectivity index (χ3n) is 8.80. The van der Waals surface area contributed by atoms with Crippen LogP contribution in [0.15, 0.2) is 136 Å². The molecule has 0 spiro atoms. The van der Waals surface area contributed by atoms with Gasteiger partial charge in [-0.3, -0.25) is 0 Å². The second-order valence-electron chi connectivity index (χ2n) is 12.9. The molecule has 0 fully saturated rings. The van der Waals surface area contributed by atoms with E-state index in [9.17, 15) is 28.8 Å². The molecule has 60 heavy (non-hydrogen) atoms. The van der Waals surface area contributed by atoms with Gasteiger partial charge in [0.15, 0.2) is 12.2 Å². The molecule has 3 atom stereocenters. The van der Waals surface area contributed by atoms with E-state index in [1.165, 1.54) is 24.3 Å². The Hall–Kier alpha value is -7.74. The van der Waals surface area contributed by atoms with E-state index >= 15 is 0 Å². The highest BCUT2D eigenvalue weighted by Gasteiger charge is 2.27. The molecule has 14 heteroatoms. The number of rotatable bonds is 20. The van der Waals surface area contributed by atoms with Crippen LogP contribution in [0.3, 0.4) is 0 Å². The van der Waals surface area contributed by atoms with Gasteiger partial charge >= 0.3 is 35.8 Å². The molecule has 0 aromatic heterocycles. The van der Waals surface area contributed by atoms with Crippen LogP contribution in [0.4, 0.5) is 0 Å². The molecular formula is C46H40O14. The van der Waals surface area contributed by atoms with Gasteiger partial charge in [0.1, 0.15) is 49.4 Å². The molecule has 4 aromatic rings. The predicted octanol–water partition coefficient (Wildman–Crippen LogP) is 6.67. The van der Waals surface area contributed by atoms with Gasteiger partial charge in [-0.25, -0.2) is 28.8 Å². The van der Waals surface area contributed by atoms with Crippen molar-refractivity contribution in [2.24, 2.45) is 0 Å². The third-order valence-corrected chi connectivity index (χ3v) is 8.80. The van der Waals surface area contributed by atoms with Gasteiger partial charge < -0.3 is 37.9 Å². The lowest BCUT2D eigenvalue weighted by atomic mass is 9.99. The Bertz CT molecular complexity index is 2130. The van der Waals surface area contributed by atoms with Crippen LogP contribution in [0.1, 0.15) is 44.7 Å². The second-order valence-corrected chi connectivity index (χ2v) is 12.9. The zero-order chi connectivity index (χ0) is 43.2. The average Bonchev–Trinajstić information content (AvgIpc) is 3.54. The quantitative estimate of drug-likeness (QED) is 0.0400. The fourth-order valence-electron chi connectivity index (χ4n) is 5.79. The summed E-state index contributed by atoms with van der Waals surface area (Å²) < 4.78 is 43.0. The van der Waals surface area contributed by atoms with Gasteiger partial charge in [0.05, 0.1) is 11.1 Å². The largest absolute Gasteiger partial charge is 0.490 e. The lowest BCUT2D eigenvalue weighted by Gasteiger charge is -2.17. The molecule has 2 unspecified atom stereocenters. The highest BCUT2D eigenvalue weighted by atomic mass is 16.6. The van der Waals surface area contributed by atoms with Gasteiger partial charge in [-0.2, -0.15) is 0 Å². The van der Waals surface area contributed by atoms with Crippen LogP contribution in [0.25, 0.3) is 11.1 Å². The minimum absolute atomic E-state index is 0.120. The Kier molecular flexibility index (Phi) is 14.9. The number of esters is 6. The Balaban J connectivity index is 1.15. The molecule has 14 nitrogen and oxygen atoms in total. The molecule has 1 aliphatic carbocycles. The number of carbonyl (C=O) groups is 6. The van der Waals surface area contributed by atoms with Crippen LogP contribution < -0.4 is 18.9 Å². The molecule has 0 amide bonds. The molecule has 0 saturated heterocycles. The Morgan fingerprint density at radius 3 is 1.20 bits per heavy atom. The molecule has 4 aromatic carbocycles. The molecule has 0 aliphatic heterocycles. The fraction of sp³-hybridized carbons (Fsp3) is 0.174. The normalized spacial score (nSPS) is 13.1. The van der Waals surface area contributed by atoms with E-state index in [-0.39, 0.29) is 43.5 Å². The smallest absolute Gasteiger partial charge is 0.343 e. The lowest BCUT2D eigenvalue weighted by molar-refractivity contribution is -0.154. The van der Waals surface area contributed by atoms with Crippen molar-refractivity contribution in [2.75, 3.05) is 26.4 Å². The number of ether oxygens (including phenoxy) is 8. The van der Waals surface area contributed by atoms with E-state index in [1.54, 1.807) is 48.5 Å². The molecular weight excluding hydrogens is 776 g/mol. The molecule has 308 valence electrons. The van der Waals surface area contributed by atoms with E-state index in [4.69, 9.17) is 37.9 Å². The molecule has 0 heterocycles. The summed E-state index contributed by atoms with van der Waals surface area (Å²) in [5.74, 6) is -2.72. The first-order chi connectivity index (χ1) is 28.9. The Morgan fingerprint density at radius 1 is 0.500 bits per heavy atom. The van der Waals surface area contributed by atoms with Crippen LogP contribution in [0, 0.1) is 0 Å². The van der Waals surface area contributed by atoms with Crippen LogP contribution in [-0.4, -0.2) is 74.5 Å². The van der Waals surface area contributed by atoms with Gasteiger partial charge in [0.25, 0.3) is 0 Å². The van der Waals surface area contributed by atoms with E-state index in [0.717, 1.165) is 46.6 Å². The van der Waals surface area contributed by atoms with Crippen molar-refractivity contribution in [3.05, 3.63) is 158 Å². The summed E-state index contributed by atoms with van der Waals surface area (Å²) in [4.78, 5) is 72.4.